The number of rotatable bonds is 4. The van der Waals surface area contributed by atoms with Crippen molar-refractivity contribution in [3.8, 4) is 0 Å². The molecule has 0 saturated carbocycles. The Morgan fingerprint density at radius 1 is 1.03 bits per heavy atom. The number of piperazine rings is 1. The van der Waals surface area contributed by atoms with E-state index in [0.717, 1.165) is 25.3 Å². The smallest absolute Gasteiger partial charge is 0.312 e. The van der Waals surface area contributed by atoms with Crippen molar-refractivity contribution >= 4 is 17.7 Å². The van der Waals surface area contributed by atoms with Gasteiger partial charge >= 0.3 is 11.8 Å². The average Bonchev–Trinajstić information content (AvgIpc) is 3.33. The van der Waals surface area contributed by atoms with E-state index < -0.39 is 11.8 Å². The molecule has 2 atom stereocenters. The van der Waals surface area contributed by atoms with E-state index >= 15 is 0 Å². The first-order valence-corrected chi connectivity index (χ1v) is 10.8. The van der Waals surface area contributed by atoms with E-state index in [1.165, 1.54) is 27.9 Å². The number of hydrogen-bond acceptors (Lipinski definition) is 4. The van der Waals surface area contributed by atoms with Crippen LogP contribution in [-0.2, 0) is 27.3 Å². The van der Waals surface area contributed by atoms with Crippen molar-refractivity contribution in [3.05, 3.63) is 59.5 Å². The van der Waals surface area contributed by atoms with E-state index in [4.69, 9.17) is 4.42 Å². The predicted octanol–water partition coefficient (Wildman–Crippen LogP) is -0.231. The van der Waals surface area contributed by atoms with Crippen LogP contribution in [0.1, 0.15) is 29.9 Å². The van der Waals surface area contributed by atoms with Gasteiger partial charge in [-0.25, -0.2) is 0 Å². The van der Waals surface area contributed by atoms with Crippen molar-refractivity contribution in [1.29, 1.82) is 0 Å². The van der Waals surface area contributed by atoms with Gasteiger partial charge in [0.1, 0.15) is 6.54 Å². The lowest BCUT2D eigenvalue weighted by molar-refractivity contribution is -0.946. The number of fused-ring (bicyclic) bond motifs is 1. The Kier molecular flexibility index (Phi) is 6.36. The zero-order valence-electron chi connectivity index (χ0n) is 17.8. The first kappa shape index (κ1) is 21.1. The summed E-state index contributed by atoms with van der Waals surface area (Å²) in [5.74, 6) is -0.355. The highest BCUT2D eigenvalue weighted by Crippen LogP contribution is 2.15. The van der Waals surface area contributed by atoms with E-state index in [2.05, 4.69) is 29.6 Å². The second kappa shape index (κ2) is 9.34. The number of hydrogen-bond donors (Lipinski definition) is 2. The van der Waals surface area contributed by atoms with Gasteiger partial charge in [0.15, 0.2) is 11.8 Å². The van der Waals surface area contributed by atoms with Gasteiger partial charge in [-0.05, 0) is 17.7 Å². The van der Waals surface area contributed by atoms with Crippen LogP contribution >= 0.6 is 0 Å². The Labute approximate surface area is 181 Å². The predicted molar refractivity (Wildman–Crippen MR) is 113 cm³/mol. The highest BCUT2D eigenvalue weighted by Gasteiger charge is 2.32. The third kappa shape index (κ3) is 4.80. The van der Waals surface area contributed by atoms with Gasteiger partial charge in [-0.2, -0.15) is 0 Å². The maximum Gasteiger partial charge on any atom is 0.312 e. The number of carbonyl (C=O) groups excluding carboxylic acids is 3. The molecule has 3 heterocycles. The van der Waals surface area contributed by atoms with Gasteiger partial charge < -0.3 is 24.4 Å². The summed E-state index contributed by atoms with van der Waals surface area (Å²) >= 11 is 0. The average molecular weight is 426 g/mol. The Balaban J connectivity index is 1.38. The molecule has 8 heteroatoms. The number of carbonyl (C=O) groups is 3. The van der Waals surface area contributed by atoms with Gasteiger partial charge in [0.25, 0.3) is 0 Å². The molecule has 1 aromatic carbocycles. The molecule has 1 unspecified atom stereocenters. The van der Waals surface area contributed by atoms with Gasteiger partial charge in [0, 0.05) is 45.1 Å². The lowest BCUT2D eigenvalue weighted by atomic mass is 9.98. The fourth-order valence-corrected chi connectivity index (χ4v) is 4.47. The molecule has 2 aliphatic heterocycles. The Hall–Kier alpha value is -3.13. The molecule has 4 rings (SSSR count). The zero-order valence-corrected chi connectivity index (χ0v) is 17.8. The number of furan rings is 1. The molecular weight excluding hydrogens is 396 g/mol. The molecule has 2 aliphatic rings. The van der Waals surface area contributed by atoms with Crippen LogP contribution < -0.4 is 10.2 Å². The third-order valence-electron chi connectivity index (χ3n) is 6.30. The zero-order chi connectivity index (χ0) is 21.8. The molecule has 1 aromatic heterocycles. The van der Waals surface area contributed by atoms with Crippen molar-refractivity contribution in [2.45, 2.75) is 25.9 Å². The van der Waals surface area contributed by atoms with Crippen LogP contribution in [0.4, 0.5) is 0 Å². The second-order valence-electron chi connectivity index (χ2n) is 8.18. The van der Waals surface area contributed by atoms with E-state index in [-0.39, 0.29) is 11.9 Å². The number of benzene rings is 1. The maximum absolute atomic E-state index is 12.6. The molecule has 0 bridgehead atoms. The molecule has 2 aromatic rings. The Bertz CT molecular complexity index is 935. The fraction of sp³-hybridized carbons (Fsp3) is 0.435. The number of nitrogens with zero attached hydrogens (tertiary/aromatic N) is 2. The summed E-state index contributed by atoms with van der Waals surface area (Å²) in [5.41, 5.74) is 2.68. The van der Waals surface area contributed by atoms with E-state index in [0.29, 0.717) is 32.7 Å². The van der Waals surface area contributed by atoms with Gasteiger partial charge in [0.05, 0.1) is 19.4 Å². The van der Waals surface area contributed by atoms with E-state index in [9.17, 15) is 14.4 Å². The van der Waals surface area contributed by atoms with E-state index in [1.54, 1.807) is 11.2 Å². The van der Waals surface area contributed by atoms with Crippen molar-refractivity contribution in [1.82, 2.24) is 15.1 Å². The van der Waals surface area contributed by atoms with Crippen LogP contribution in [-0.4, -0.2) is 66.8 Å². The van der Waals surface area contributed by atoms with Gasteiger partial charge in [0.2, 0.25) is 5.91 Å². The van der Waals surface area contributed by atoms with Crippen LogP contribution in [0.2, 0.25) is 0 Å². The van der Waals surface area contributed by atoms with Gasteiger partial charge in [-0.3, -0.25) is 14.4 Å². The first-order valence-electron chi connectivity index (χ1n) is 10.8. The monoisotopic (exact) mass is 425 g/mol. The highest BCUT2D eigenvalue weighted by atomic mass is 16.3. The summed E-state index contributed by atoms with van der Waals surface area (Å²) in [6.45, 7) is 5.28. The van der Waals surface area contributed by atoms with Gasteiger partial charge in [-0.15, -0.1) is 0 Å². The van der Waals surface area contributed by atoms with Crippen molar-refractivity contribution < 1.29 is 23.7 Å². The summed E-state index contributed by atoms with van der Waals surface area (Å²) in [7, 11) is 0. The number of nitrogens with one attached hydrogen (secondary N) is 2. The Morgan fingerprint density at radius 2 is 1.74 bits per heavy atom. The molecule has 1 saturated heterocycles. The summed E-state index contributed by atoms with van der Waals surface area (Å²) in [4.78, 5) is 41.1. The minimum absolute atomic E-state index is 0.0103. The van der Waals surface area contributed by atoms with Crippen LogP contribution in [0, 0.1) is 0 Å². The molecule has 0 aliphatic carbocycles. The summed E-state index contributed by atoms with van der Waals surface area (Å²) in [5, 5.41) is 2.83. The van der Waals surface area contributed by atoms with Crippen molar-refractivity contribution in [3.63, 3.8) is 0 Å². The molecule has 164 valence electrons. The lowest BCUT2D eigenvalue weighted by Gasteiger charge is -2.34. The number of quaternary nitrogens is 1. The molecule has 0 spiro atoms. The molecular formula is C23H29N4O4+. The highest BCUT2D eigenvalue weighted by molar-refractivity contribution is 6.35. The SMILES string of the molecule is CC(=O)N1CCN(C(=O)C(=O)NC[C@H](c2ccco2)[NH+]2CCc3ccccc3C2)CC1. The van der Waals surface area contributed by atoms with Crippen LogP contribution in [0.3, 0.4) is 0 Å². The molecule has 8 nitrogen and oxygen atoms in total. The summed E-state index contributed by atoms with van der Waals surface area (Å²) in [6, 6.07) is 12.1. The topological polar surface area (TPSA) is 87.3 Å². The molecule has 31 heavy (non-hydrogen) atoms. The largest absolute Gasteiger partial charge is 0.463 e. The second-order valence-corrected chi connectivity index (χ2v) is 8.18. The summed E-state index contributed by atoms with van der Waals surface area (Å²) in [6.07, 6.45) is 2.61. The molecule has 0 radical (unpaired) electrons. The van der Waals surface area contributed by atoms with Crippen molar-refractivity contribution in [2.24, 2.45) is 0 Å². The fourth-order valence-electron chi connectivity index (χ4n) is 4.47. The normalized spacial score (nSPS) is 19.5. The third-order valence-corrected chi connectivity index (χ3v) is 6.30. The van der Waals surface area contributed by atoms with Crippen molar-refractivity contribution in [2.75, 3.05) is 39.3 Å². The van der Waals surface area contributed by atoms with Crippen LogP contribution in [0.5, 0.6) is 0 Å². The van der Waals surface area contributed by atoms with E-state index in [1.807, 2.05) is 12.1 Å². The molecule has 1 fully saturated rings. The quantitative estimate of drug-likeness (QED) is 0.663. The summed E-state index contributed by atoms with van der Waals surface area (Å²) < 4.78 is 5.68. The molecule has 2 N–H and O–H groups in total. The first-order chi connectivity index (χ1) is 15.0. The van der Waals surface area contributed by atoms with Gasteiger partial charge in [-0.1, -0.05) is 24.3 Å². The number of amides is 3. The molecule has 3 amide bonds. The minimum Gasteiger partial charge on any atom is -0.463 e. The van der Waals surface area contributed by atoms with Crippen LogP contribution in [0.25, 0.3) is 0 Å². The standard InChI is InChI=1S/C23H28N4O4/c1-17(28)25-10-12-26(13-11-25)23(30)22(29)24-15-20(21-7-4-14-31-21)27-9-8-18-5-2-3-6-19(18)16-27/h2-7,14,20H,8-13,15-16H2,1H3,(H,24,29)/p+1/t20-/m1/s1. The maximum atomic E-state index is 12.6. The van der Waals surface area contributed by atoms with Crippen LogP contribution in [0.15, 0.2) is 47.1 Å². The Morgan fingerprint density at radius 3 is 2.42 bits per heavy atom. The lowest BCUT2D eigenvalue weighted by Crippen LogP contribution is -3.12. The minimum atomic E-state index is -0.607.